The highest BCUT2D eigenvalue weighted by Gasteiger charge is 2.48. The van der Waals surface area contributed by atoms with Crippen LogP contribution in [-0.2, 0) is 13.9 Å². The Morgan fingerprint density at radius 2 is 1.91 bits per heavy atom. The normalized spacial score (nSPS) is 23.9. The van der Waals surface area contributed by atoms with Crippen molar-refractivity contribution < 1.29 is 19.0 Å². The molecule has 3 rings (SSSR count). The fourth-order valence-electron chi connectivity index (χ4n) is 4.01. The Hall–Kier alpha value is -1.82. The van der Waals surface area contributed by atoms with Crippen LogP contribution in [0.15, 0.2) is 34.3 Å². The van der Waals surface area contributed by atoms with Crippen molar-refractivity contribution in [1.29, 1.82) is 0 Å². The van der Waals surface area contributed by atoms with Crippen molar-refractivity contribution in [2.24, 2.45) is 15.6 Å². The lowest BCUT2D eigenvalue weighted by molar-refractivity contribution is -0.128. The Labute approximate surface area is 195 Å². The average molecular weight is 482 g/mol. The van der Waals surface area contributed by atoms with Crippen molar-refractivity contribution in [3.63, 3.8) is 0 Å². The molecule has 2 atom stereocenters. The highest BCUT2D eigenvalue weighted by molar-refractivity contribution is 7.66. The molecule has 2 aliphatic heterocycles. The molecule has 1 aromatic carbocycles. The SMILES string of the molecule is CCOP1(=O)N=C(C2=C(O)C(C(C)(C)C)N(CCC(C)(C)C)C2=O)Nc2ccc(Cl)cc21. The minimum atomic E-state index is -3.69. The van der Waals surface area contributed by atoms with E-state index in [1.54, 1.807) is 30.0 Å². The van der Waals surface area contributed by atoms with Crippen molar-refractivity contribution in [3.8, 4) is 0 Å². The summed E-state index contributed by atoms with van der Waals surface area (Å²) in [6.07, 6.45) is 0.768. The molecule has 32 heavy (non-hydrogen) atoms. The molecule has 7 nitrogen and oxygen atoms in total. The summed E-state index contributed by atoms with van der Waals surface area (Å²) in [5.74, 6) is -0.340. The quantitative estimate of drug-likeness (QED) is 0.540. The van der Waals surface area contributed by atoms with E-state index >= 15 is 0 Å². The van der Waals surface area contributed by atoms with Crippen LogP contribution in [0.1, 0.15) is 54.9 Å². The zero-order valence-electron chi connectivity index (χ0n) is 19.8. The molecule has 1 amide bonds. The molecule has 0 fully saturated rings. The van der Waals surface area contributed by atoms with Gasteiger partial charge in [-0.1, -0.05) is 53.1 Å². The largest absolute Gasteiger partial charge is 0.509 e. The lowest BCUT2D eigenvalue weighted by atomic mass is 9.84. The van der Waals surface area contributed by atoms with E-state index in [1.807, 2.05) is 20.8 Å². The maximum absolute atomic E-state index is 13.7. The van der Waals surface area contributed by atoms with E-state index in [9.17, 15) is 14.5 Å². The van der Waals surface area contributed by atoms with E-state index in [2.05, 4.69) is 30.9 Å². The number of carbonyl (C=O) groups excluding carboxylic acids is 1. The van der Waals surface area contributed by atoms with Gasteiger partial charge in [-0.2, -0.15) is 4.76 Å². The van der Waals surface area contributed by atoms with Crippen molar-refractivity contribution in [2.45, 2.75) is 60.9 Å². The van der Waals surface area contributed by atoms with E-state index in [4.69, 9.17) is 16.1 Å². The van der Waals surface area contributed by atoms with Crippen LogP contribution < -0.4 is 10.6 Å². The van der Waals surface area contributed by atoms with Gasteiger partial charge in [0.05, 0.1) is 23.6 Å². The Balaban J connectivity index is 2.10. The van der Waals surface area contributed by atoms with E-state index in [0.717, 1.165) is 6.42 Å². The second-order valence-corrected chi connectivity index (χ2v) is 12.9. The van der Waals surface area contributed by atoms with Crippen LogP contribution >= 0.6 is 19.1 Å². The van der Waals surface area contributed by atoms with Gasteiger partial charge >= 0.3 is 7.52 Å². The summed E-state index contributed by atoms with van der Waals surface area (Å²) >= 11 is 6.11. The molecule has 9 heteroatoms. The second-order valence-electron chi connectivity index (χ2n) is 10.5. The molecule has 0 saturated carbocycles. The number of nitrogens with zero attached hydrogens (tertiary/aromatic N) is 2. The molecule has 2 heterocycles. The van der Waals surface area contributed by atoms with E-state index in [-0.39, 0.29) is 35.1 Å². The first kappa shape index (κ1) is 24.8. The van der Waals surface area contributed by atoms with Crippen molar-refractivity contribution in [2.75, 3.05) is 18.5 Å². The van der Waals surface area contributed by atoms with E-state index < -0.39 is 19.0 Å². The fourth-order valence-corrected chi connectivity index (χ4v) is 6.06. The van der Waals surface area contributed by atoms with Crippen molar-refractivity contribution in [3.05, 3.63) is 34.6 Å². The highest BCUT2D eigenvalue weighted by Crippen LogP contribution is 2.53. The minimum absolute atomic E-state index is 0.0184. The number of aliphatic hydroxyl groups excluding tert-OH is 1. The summed E-state index contributed by atoms with van der Waals surface area (Å²) in [4.78, 5) is 15.3. The van der Waals surface area contributed by atoms with Crippen LogP contribution in [0.3, 0.4) is 0 Å². The number of nitrogens with one attached hydrogen (secondary N) is 1. The summed E-state index contributed by atoms with van der Waals surface area (Å²) < 4.78 is 23.6. The topological polar surface area (TPSA) is 91.2 Å². The molecule has 1 aromatic rings. The summed E-state index contributed by atoms with van der Waals surface area (Å²) in [6.45, 7) is 14.7. The number of hydrogen-bond acceptors (Lipinski definition) is 5. The summed E-state index contributed by atoms with van der Waals surface area (Å²) in [6, 6.07) is 4.37. The maximum atomic E-state index is 13.7. The molecule has 0 aromatic heterocycles. The Morgan fingerprint density at radius 1 is 1.25 bits per heavy atom. The number of anilines is 1. The first-order chi connectivity index (χ1) is 14.7. The Morgan fingerprint density at radius 3 is 2.47 bits per heavy atom. The van der Waals surface area contributed by atoms with Crippen LogP contribution in [0.5, 0.6) is 0 Å². The monoisotopic (exact) mass is 481 g/mol. The molecule has 0 radical (unpaired) electrons. The smallest absolute Gasteiger partial charge is 0.348 e. The molecule has 2 unspecified atom stereocenters. The van der Waals surface area contributed by atoms with Gasteiger partial charge in [-0.3, -0.25) is 9.36 Å². The predicted molar refractivity (Wildman–Crippen MR) is 130 cm³/mol. The molecular weight excluding hydrogens is 449 g/mol. The molecule has 2 N–H and O–H groups in total. The number of carbonyl (C=O) groups is 1. The van der Waals surface area contributed by atoms with Gasteiger partial charge in [0.1, 0.15) is 11.3 Å². The van der Waals surface area contributed by atoms with Crippen LogP contribution in [0.4, 0.5) is 5.69 Å². The lowest BCUT2D eigenvalue weighted by Gasteiger charge is -2.36. The molecular formula is C23H33ClN3O4P. The highest BCUT2D eigenvalue weighted by atomic mass is 35.5. The zero-order chi connectivity index (χ0) is 24.1. The third-order valence-corrected chi connectivity index (χ3v) is 7.80. The third kappa shape index (κ3) is 4.75. The molecule has 0 bridgehead atoms. The summed E-state index contributed by atoms with van der Waals surface area (Å²) in [5.41, 5.74) is 0.137. The van der Waals surface area contributed by atoms with Gasteiger partial charge in [0.15, 0.2) is 5.84 Å². The zero-order valence-corrected chi connectivity index (χ0v) is 21.5. The number of amidine groups is 1. The number of aliphatic hydroxyl groups is 1. The molecule has 2 aliphatic rings. The van der Waals surface area contributed by atoms with Crippen LogP contribution in [0.25, 0.3) is 0 Å². The summed E-state index contributed by atoms with van der Waals surface area (Å²) in [7, 11) is -3.69. The number of amides is 1. The second kappa shape index (κ2) is 8.51. The van der Waals surface area contributed by atoms with Gasteiger partial charge in [-0.15, -0.1) is 0 Å². The Bertz CT molecular complexity index is 1040. The van der Waals surface area contributed by atoms with Gasteiger partial charge < -0.3 is 19.8 Å². The molecule has 0 aliphatic carbocycles. The lowest BCUT2D eigenvalue weighted by Crippen LogP contribution is -2.45. The van der Waals surface area contributed by atoms with Gasteiger partial charge in [0, 0.05) is 11.6 Å². The number of fused-ring (bicyclic) bond motifs is 1. The number of halogens is 1. The van der Waals surface area contributed by atoms with Gasteiger partial charge in [0.25, 0.3) is 5.91 Å². The van der Waals surface area contributed by atoms with Crippen molar-refractivity contribution >= 4 is 41.9 Å². The first-order valence-electron chi connectivity index (χ1n) is 10.8. The molecule has 0 spiro atoms. The standard InChI is InChI=1S/C23H33ClN3O4P/c1-8-31-32(30)16-13-14(24)9-10-15(16)25-20(26-32)17-18(28)19(23(5,6)7)27(21(17)29)12-11-22(2,3)4/h9-10,13,19,28H,8,11-12H2,1-7H3,(H,25,26,30). The van der Waals surface area contributed by atoms with Gasteiger partial charge in [0.2, 0.25) is 0 Å². The minimum Gasteiger partial charge on any atom is -0.509 e. The van der Waals surface area contributed by atoms with E-state index in [0.29, 0.717) is 22.6 Å². The number of benzene rings is 1. The first-order valence-corrected chi connectivity index (χ1v) is 12.8. The Kier molecular flexibility index (Phi) is 6.60. The predicted octanol–water partition coefficient (Wildman–Crippen LogP) is 5.52. The van der Waals surface area contributed by atoms with Gasteiger partial charge in [-0.25, -0.2) is 0 Å². The van der Waals surface area contributed by atoms with Gasteiger partial charge in [-0.05, 0) is 42.4 Å². The molecule has 176 valence electrons. The van der Waals surface area contributed by atoms with Crippen LogP contribution in [0.2, 0.25) is 5.02 Å². The maximum Gasteiger partial charge on any atom is 0.348 e. The van der Waals surface area contributed by atoms with Crippen molar-refractivity contribution in [1.82, 2.24) is 4.90 Å². The number of hydrogen-bond donors (Lipinski definition) is 2. The van der Waals surface area contributed by atoms with E-state index in [1.165, 1.54) is 0 Å². The third-order valence-electron chi connectivity index (χ3n) is 5.51. The number of rotatable bonds is 5. The molecule has 0 saturated heterocycles. The van der Waals surface area contributed by atoms with Crippen LogP contribution in [0, 0.1) is 10.8 Å². The fraction of sp³-hybridized carbons (Fsp3) is 0.565. The summed E-state index contributed by atoms with van der Waals surface area (Å²) in [5, 5.41) is 15.1. The average Bonchev–Trinajstić information content (AvgIpc) is 2.90. The van der Waals surface area contributed by atoms with Crippen LogP contribution in [-0.4, -0.2) is 40.9 Å².